The Morgan fingerprint density at radius 1 is 1.11 bits per heavy atom. The van der Waals surface area contributed by atoms with Crippen LogP contribution in [0.25, 0.3) is 11.5 Å². The third-order valence-electron chi connectivity index (χ3n) is 4.37. The summed E-state index contributed by atoms with van der Waals surface area (Å²) in [6, 6.07) is 5.24. The second-order valence-electron chi connectivity index (χ2n) is 6.89. The van der Waals surface area contributed by atoms with Crippen LogP contribution < -0.4 is 14.2 Å². The Morgan fingerprint density at radius 3 is 2.51 bits per heavy atom. The SMILES string of the molecule is CCc1noc(-c2cc(OCC=C(Cl)Cl)cc(Cl)c2OCCCOc2ccc(C(F)(F)F)cn2)n1. The van der Waals surface area contributed by atoms with Crippen molar-refractivity contribution in [1.29, 1.82) is 0 Å². The molecule has 3 aromatic rings. The van der Waals surface area contributed by atoms with Crippen LogP contribution in [0.2, 0.25) is 5.02 Å². The van der Waals surface area contributed by atoms with E-state index in [1.165, 1.54) is 6.08 Å². The van der Waals surface area contributed by atoms with Crippen LogP contribution in [0, 0.1) is 0 Å². The Labute approximate surface area is 213 Å². The molecule has 1 aromatic carbocycles. The van der Waals surface area contributed by atoms with Crippen molar-refractivity contribution in [2.45, 2.75) is 25.9 Å². The highest BCUT2D eigenvalue weighted by Gasteiger charge is 2.30. The van der Waals surface area contributed by atoms with Gasteiger partial charge in [-0.2, -0.15) is 18.2 Å². The van der Waals surface area contributed by atoms with Crippen molar-refractivity contribution in [3.05, 3.63) is 57.4 Å². The molecular formula is C22H19Cl3F3N3O4. The number of aryl methyl sites for hydroxylation is 1. The Bertz CT molecular complexity index is 1150. The van der Waals surface area contributed by atoms with E-state index in [4.69, 9.17) is 53.5 Å². The normalized spacial score (nSPS) is 11.3. The summed E-state index contributed by atoms with van der Waals surface area (Å²) in [6.45, 7) is 2.31. The molecule has 188 valence electrons. The molecule has 0 radical (unpaired) electrons. The van der Waals surface area contributed by atoms with Gasteiger partial charge in [-0.25, -0.2) is 4.98 Å². The van der Waals surface area contributed by atoms with E-state index in [9.17, 15) is 13.2 Å². The van der Waals surface area contributed by atoms with Crippen LogP contribution in [-0.2, 0) is 12.6 Å². The first-order chi connectivity index (χ1) is 16.7. The van der Waals surface area contributed by atoms with Gasteiger partial charge in [0.25, 0.3) is 5.89 Å². The first-order valence-electron chi connectivity index (χ1n) is 10.3. The maximum atomic E-state index is 12.6. The van der Waals surface area contributed by atoms with E-state index in [0.717, 1.165) is 12.1 Å². The highest BCUT2D eigenvalue weighted by Crippen LogP contribution is 2.39. The second kappa shape index (κ2) is 12.3. The fourth-order valence-electron chi connectivity index (χ4n) is 2.71. The molecular weight excluding hydrogens is 534 g/mol. The summed E-state index contributed by atoms with van der Waals surface area (Å²) < 4.78 is 60.1. The molecule has 0 atom stereocenters. The minimum atomic E-state index is -4.46. The van der Waals surface area contributed by atoms with Gasteiger partial charge in [-0.1, -0.05) is 46.9 Å². The number of hydrogen-bond acceptors (Lipinski definition) is 7. The Kier molecular flexibility index (Phi) is 9.47. The predicted molar refractivity (Wildman–Crippen MR) is 124 cm³/mol. The van der Waals surface area contributed by atoms with Crippen molar-refractivity contribution in [3.63, 3.8) is 0 Å². The molecule has 7 nitrogen and oxygen atoms in total. The molecule has 3 rings (SSSR count). The summed E-state index contributed by atoms with van der Waals surface area (Å²) in [4.78, 5) is 7.98. The number of pyridine rings is 1. The summed E-state index contributed by atoms with van der Waals surface area (Å²) in [7, 11) is 0. The first-order valence-corrected chi connectivity index (χ1v) is 11.4. The summed E-state index contributed by atoms with van der Waals surface area (Å²) in [5.41, 5.74) is -0.428. The van der Waals surface area contributed by atoms with Gasteiger partial charge in [0.15, 0.2) is 11.6 Å². The standard InChI is InChI=1S/C22H19Cl3F3N3O4/c1-2-18-30-21(35-31-18)15-10-14(32-9-6-17(24)25)11-16(23)20(15)34-8-3-7-33-19-5-4-13(12-29-19)22(26,27)28/h4-6,10-12H,2-3,7-9H2,1H3. The van der Waals surface area contributed by atoms with Crippen LogP contribution in [0.1, 0.15) is 24.7 Å². The zero-order chi connectivity index (χ0) is 25.4. The molecule has 0 aliphatic carbocycles. The Balaban J connectivity index is 1.65. The number of aromatic nitrogens is 3. The number of hydrogen-bond donors (Lipinski definition) is 0. The quantitative estimate of drug-likeness (QED) is 0.239. The van der Waals surface area contributed by atoms with Crippen molar-refractivity contribution >= 4 is 34.8 Å². The molecule has 0 fully saturated rings. The smallest absolute Gasteiger partial charge is 0.417 e. The van der Waals surface area contributed by atoms with Gasteiger partial charge in [-0.3, -0.25) is 0 Å². The zero-order valence-corrected chi connectivity index (χ0v) is 20.5. The van der Waals surface area contributed by atoms with Gasteiger partial charge in [0.05, 0.1) is 29.4 Å². The van der Waals surface area contributed by atoms with Crippen molar-refractivity contribution < 1.29 is 31.9 Å². The van der Waals surface area contributed by atoms with E-state index < -0.39 is 11.7 Å². The first kappa shape index (κ1) is 26.9. The molecule has 0 saturated carbocycles. The van der Waals surface area contributed by atoms with Gasteiger partial charge in [0.1, 0.15) is 16.8 Å². The molecule has 0 N–H and O–H groups in total. The predicted octanol–water partition coefficient (Wildman–Crippen LogP) is 6.91. The van der Waals surface area contributed by atoms with Crippen molar-refractivity contribution in [2.24, 2.45) is 0 Å². The third kappa shape index (κ3) is 7.91. The summed E-state index contributed by atoms with van der Waals surface area (Å²) in [5, 5.41) is 4.13. The van der Waals surface area contributed by atoms with E-state index in [-0.39, 0.29) is 41.1 Å². The highest BCUT2D eigenvalue weighted by atomic mass is 35.5. The van der Waals surface area contributed by atoms with Crippen molar-refractivity contribution in [2.75, 3.05) is 19.8 Å². The second-order valence-corrected chi connectivity index (χ2v) is 8.30. The van der Waals surface area contributed by atoms with Gasteiger partial charge in [-0.05, 0) is 18.2 Å². The minimum Gasteiger partial charge on any atom is -0.491 e. The largest absolute Gasteiger partial charge is 0.491 e. The molecule has 0 amide bonds. The van der Waals surface area contributed by atoms with Gasteiger partial charge in [0, 0.05) is 31.2 Å². The van der Waals surface area contributed by atoms with Crippen molar-refractivity contribution in [3.8, 4) is 28.8 Å². The van der Waals surface area contributed by atoms with Gasteiger partial charge in [0.2, 0.25) is 5.88 Å². The average molecular weight is 553 g/mol. The fourth-order valence-corrected chi connectivity index (χ4v) is 3.10. The molecule has 0 spiro atoms. The van der Waals surface area contributed by atoms with Crippen molar-refractivity contribution in [1.82, 2.24) is 15.1 Å². The lowest BCUT2D eigenvalue weighted by atomic mass is 10.2. The molecule has 0 aliphatic rings. The lowest BCUT2D eigenvalue weighted by molar-refractivity contribution is -0.137. The monoisotopic (exact) mass is 551 g/mol. The minimum absolute atomic E-state index is 0.0643. The number of benzene rings is 1. The molecule has 0 saturated heterocycles. The fraction of sp³-hybridized carbons (Fsp3) is 0.318. The summed E-state index contributed by atoms with van der Waals surface area (Å²) in [5.74, 6) is 1.46. The number of halogens is 6. The zero-order valence-electron chi connectivity index (χ0n) is 18.2. The molecule has 0 bridgehead atoms. The highest BCUT2D eigenvalue weighted by molar-refractivity contribution is 6.55. The van der Waals surface area contributed by atoms with E-state index in [0.29, 0.717) is 41.9 Å². The van der Waals surface area contributed by atoms with Gasteiger partial charge >= 0.3 is 6.18 Å². The van der Waals surface area contributed by atoms with Crippen LogP contribution in [0.15, 0.2) is 45.6 Å². The molecule has 2 aromatic heterocycles. The maximum absolute atomic E-state index is 12.6. The molecule has 35 heavy (non-hydrogen) atoms. The molecule has 0 aliphatic heterocycles. The summed E-state index contributed by atoms with van der Waals surface area (Å²) in [6.07, 6.45) is -1.32. The lowest BCUT2D eigenvalue weighted by Gasteiger charge is -2.14. The van der Waals surface area contributed by atoms with Gasteiger partial charge in [-0.15, -0.1) is 0 Å². The maximum Gasteiger partial charge on any atom is 0.417 e. The topological polar surface area (TPSA) is 79.5 Å². The number of rotatable bonds is 11. The number of ether oxygens (including phenoxy) is 3. The Morgan fingerprint density at radius 2 is 1.89 bits per heavy atom. The van der Waals surface area contributed by atoms with E-state index in [2.05, 4.69) is 15.1 Å². The van der Waals surface area contributed by atoms with Crippen LogP contribution >= 0.6 is 34.8 Å². The van der Waals surface area contributed by atoms with Crippen LogP contribution in [0.4, 0.5) is 13.2 Å². The van der Waals surface area contributed by atoms with Crippen LogP contribution in [0.3, 0.4) is 0 Å². The van der Waals surface area contributed by atoms with Crippen LogP contribution in [0.5, 0.6) is 17.4 Å². The molecule has 13 heteroatoms. The van der Waals surface area contributed by atoms with E-state index in [1.54, 1.807) is 12.1 Å². The Hall–Kier alpha value is -2.69. The average Bonchev–Trinajstić information content (AvgIpc) is 3.28. The number of nitrogens with zero attached hydrogens (tertiary/aromatic N) is 3. The van der Waals surface area contributed by atoms with E-state index >= 15 is 0 Å². The number of alkyl halides is 3. The molecule has 2 heterocycles. The van der Waals surface area contributed by atoms with Crippen LogP contribution in [-0.4, -0.2) is 34.9 Å². The lowest BCUT2D eigenvalue weighted by Crippen LogP contribution is -2.08. The van der Waals surface area contributed by atoms with E-state index in [1.807, 2.05) is 6.92 Å². The third-order valence-corrected chi connectivity index (χ3v) is 4.96. The summed E-state index contributed by atoms with van der Waals surface area (Å²) >= 11 is 17.6. The van der Waals surface area contributed by atoms with Gasteiger partial charge < -0.3 is 18.7 Å². The molecule has 0 unspecified atom stereocenters.